The zero-order chi connectivity index (χ0) is 33.6. The number of rotatable bonds is 15. The number of imide groups is 1. The largest absolute Gasteiger partial charge is 0.490 e. The molecule has 4 aromatic rings. The number of aliphatic hydroxyl groups excluding tert-OH is 1. The van der Waals surface area contributed by atoms with E-state index in [1.807, 2.05) is 6.07 Å². The van der Waals surface area contributed by atoms with Gasteiger partial charge >= 0.3 is 6.09 Å². The van der Waals surface area contributed by atoms with Crippen LogP contribution in [0.2, 0.25) is 0 Å². The third-order valence-electron chi connectivity index (χ3n) is 6.79. The Hall–Kier alpha value is -6.02. The van der Waals surface area contributed by atoms with Crippen molar-refractivity contribution in [2.75, 3.05) is 6.61 Å². The van der Waals surface area contributed by atoms with Crippen molar-refractivity contribution in [1.82, 2.24) is 25.9 Å². The van der Waals surface area contributed by atoms with Crippen LogP contribution in [0.25, 0.3) is 0 Å². The minimum absolute atomic E-state index is 0.0259. The van der Waals surface area contributed by atoms with E-state index in [2.05, 4.69) is 25.9 Å². The van der Waals surface area contributed by atoms with Crippen molar-refractivity contribution in [1.29, 1.82) is 0 Å². The number of carbonyl (C=O) groups is 5. The summed E-state index contributed by atoms with van der Waals surface area (Å²) >= 11 is 0. The summed E-state index contributed by atoms with van der Waals surface area (Å²) in [5.74, 6) is -3.26. The molecule has 7 N–H and O–H groups in total. The molecule has 3 atom stereocenters. The molecule has 1 heterocycles. The molecule has 47 heavy (non-hydrogen) atoms. The molecule has 0 radical (unpaired) electrons. The number of alkyl carbamates (subject to hydrolysis) is 1. The van der Waals surface area contributed by atoms with Crippen molar-refractivity contribution in [3.05, 3.63) is 120 Å². The van der Waals surface area contributed by atoms with Crippen LogP contribution in [0.5, 0.6) is 5.75 Å². The lowest BCUT2D eigenvalue weighted by molar-refractivity contribution is -0.139. The molecule has 0 aliphatic heterocycles. The van der Waals surface area contributed by atoms with E-state index in [0.717, 1.165) is 11.1 Å². The minimum Gasteiger partial charge on any atom is -0.490 e. The van der Waals surface area contributed by atoms with Gasteiger partial charge in [-0.2, -0.15) is 0 Å². The van der Waals surface area contributed by atoms with Gasteiger partial charge in [0.05, 0.1) is 6.33 Å². The molecule has 4 rings (SSSR count). The van der Waals surface area contributed by atoms with Crippen molar-refractivity contribution in [2.24, 2.45) is 5.73 Å². The van der Waals surface area contributed by atoms with Crippen LogP contribution in [0, 0.1) is 0 Å². The zero-order valence-electron chi connectivity index (χ0n) is 25.1. The number of benzene rings is 3. The number of aromatic amines is 1. The third-order valence-corrected chi connectivity index (χ3v) is 6.79. The number of carbonyl (C=O) groups excluding carboxylic acids is 5. The maximum Gasteiger partial charge on any atom is 0.408 e. The van der Waals surface area contributed by atoms with E-state index in [1.165, 1.54) is 36.8 Å². The standard InChI is InChI=1S/C33H34N6O8/c34-29(41)23-12-7-13-25(15-23)46-19-28(40)32(44)39-31(43)27(16-24-17-35-20-36-24)37-30(42)26(14-21-8-3-1-4-9-21)38-33(45)47-18-22-10-5-2-6-11-22/h1-13,15,17,20,26-28,40H,14,16,18-19H2,(H2,34,41)(H,35,36)(H,37,42)(H,38,45)(H,39,43,44)/t26-,27-,28?/m0/s1. The van der Waals surface area contributed by atoms with Crippen LogP contribution in [-0.4, -0.2) is 69.6 Å². The number of hydrogen-bond donors (Lipinski definition) is 6. The van der Waals surface area contributed by atoms with Gasteiger partial charge in [0.15, 0.2) is 6.10 Å². The highest BCUT2D eigenvalue weighted by atomic mass is 16.5. The Kier molecular flexibility index (Phi) is 12.2. The van der Waals surface area contributed by atoms with Crippen LogP contribution in [0.15, 0.2) is 97.5 Å². The number of nitrogens with one attached hydrogen (secondary N) is 4. The summed E-state index contributed by atoms with van der Waals surface area (Å²) in [6, 6.07) is 21.2. The molecule has 14 heteroatoms. The smallest absolute Gasteiger partial charge is 0.408 e. The summed E-state index contributed by atoms with van der Waals surface area (Å²) in [4.78, 5) is 70.4. The number of H-pyrrole nitrogens is 1. The lowest BCUT2D eigenvalue weighted by Crippen LogP contribution is -2.56. The van der Waals surface area contributed by atoms with E-state index in [1.54, 1.807) is 54.6 Å². The minimum atomic E-state index is -1.79. The van der Waals surface area contributed by atoms with Gasteiger partial charge in [-0.1, -0.05) is 66.7 Å². The normalized spacial score (nSPS) is 12.5. The Balaban J connectivity index is 1.42. The first-order chi connectivity index (χ1) is 22.7. The number of imidazole rings is 1. The fraction of sp³-hybridized carbons (Fsp3) is 0.212. The number of nitrogens with zero attached hydrogens (tertiary/aromatic N) is 1. The van der Waals surface area contributed by atoms with E-state index >= 15 is 0 Å². The fourth-order valence-corrected chi connectivity index (χ4v) is 4.35. The fourth-order valence-electron chi connectivity index (χ4n) is 4.35. The Morgan fingerprint density at radius 2 is 1.49 bits per heavy atom. The van der Waals surface area contributed by atoms with Crippen LogP contribution < -0.4 is 26.4 Å². The van der Waals surface area contributed by atoms with Gasteiger partial charge in [0.1, 0.15) is 31.0 Å². The molecule has 0 bridgehead atoms. The van der Waals surface area contributed by atoms with Crippen LogP contribution in [0.4, 0.5) is 4.79 Å². The molecule has 0 saturated heterocycles. The quantitative estimate of drug-likeness (QED) is 0.110. The van der Waals surface area contributed by atoms with Crippen LogP contribution >= 0.6 is 0 Å². The Morgan fingerprint density at radius 3 is 2.15 bits per heavy atom. The van der Waals surface area contributed by atoms with Gasteiger partial charge in [-0.05, 0) is 29.3 Å². The van der Waals surface area contributed by atoms with E-state index in [9.17, 15) is 29.1 Å². The van der Waals surface area contributed by atoms with E-state index in [4.69, 9.17) is 15.2 Å². The molecular weight excluding hydrogens is 608 g/mol. The van der Waals surface area contributed by atoms with Gasteiger partial charge in [0, 0.05) is 30.3 Å². The summed E-state index contributed by atoms with van der Waals surface area (Å²) in [6.07, 6.45) is 0.155. The maximum absolute atomic E-state index is 13.6. The highest BCUT2D eigenvalue weighted by molar-refractivity contribution is 6.01. The van der Waals surface area contributed by atoms with Crippen LogP contribution in [-0.2, 0) is 38.6 Å². The molecular formula is C33H34N6O8. The summed E-state index contributed by atoms with van der Waals surface area (Å²) in [5.41, 5.74) is 7.37. The van der Waals surface area contributed by atoms with Crippen molar-refractivity contribution in [3.8, 4) is 5.75 Å². The molecule has 0 aliphatic carbocycles. The Morgan fingerprint density at radius 1 is 0.809 bits per heavy atom. The second-order valence-electron chi connectivity index (χ2n) is 10.4. The number of primary amides is 1. The first-order valence-electron chi connectivity index (χ1n) is 14.5. The lowest BCUT2D eigenvalue weighted by Gasteiger charge is -2.23. The molecule has 3 aromatic carbocycles. The van der Waals surface area contributed by atoms with Gasteiger partial charge in [-0.25, -0.2) is 9.78 Å². The predicted octanol–water partition coefficient (Wildman–Crippen LogP) is 1.16. The van der Waals surface area contributed by atoms with Gasteiger partial charge in [-0.3, -0.25) is 24.5 Å². The van der Waals surface area contributed by atoms with E-state index in [0.29, 0.717) is 5.69 Å². The average molecular weight is 643 g/mol. The van der Waals surface area contributed by atoms with Crippen LogP contribution in [0.1, 0.15) is 27.2 Å². The number of aliphatic hydroxyl groups is 1. The van der Waals surface area contributed by atoms with Crippen molar-refractivity contribution in [3.63, 3.8) is 0 Å². The SMILES string of the molecule is NC(=O)c1cccc(OCC(O)C(=O)NC(=O)[C@H](Cc2cnc[nH]2)NC(=O)[C@H](Cc2ccccc2)NC(=O)OCc2ccccc2)c1. The van der Waals surface area contributed by atoms with Crippen molar-refractivity contribution in [2.45, 2.75) is 37.6 Å². The average Bonchev–Trinajstić information content (AvgIpc) is 3.60. The summed E-state index contributed by atoms with van der Waals surface area (Å²) in [7, 11) is 0. The highest BCUT2D eigenvalue weighted by Crippen LogP contribution is 2.13. The van der Waals surface area contributed by atoms with Gasteiger partial charge < -0.3 is 35.9 Å². The van der Waals surface area contributed by atoms with Crippen molar-refractivity contribution >= 4 is 29.7 Å². The van der Waals surface area contributed by atoms with E-state index in [-0.39, 0.29) is 30.8 Å². The first-order valence-corrected chi connectivity index (χ1v) is 14.5. The van der Waals surface area contributed by atoms with E-state index < -0.39 is 54.5 Å². The zero-order valence-corrected chi connectivity index (χ0v) is 25.1. The molecule has 1 aromatic heterocycles. The number of aromatic nitrogens is 2. The molecule has 244 valence electrons. The molecule has 0 fully saturated rings. The number of ether oxygens (including phenoxy) is 2. The monoisotopic (exact) mass is 642 g/mol. The molecule has 14 nitrogen and oxygen atoms in total. The highest BCUT2D eigenvalue weighted by Gasteiger charge is 2.30. The number of amides is 5. The Bertz CT molecular complexity index is 1650. The van der Waals surface area contributed by atoms with Crippen molar-refractivity contribution < 1.29 is 38.6 Å². The summed E-state index contributed by atoms with van der Waals surface area (Å²) < 4.78 is 10.7. The van der Waals surface area contributed by atoms with Gasteiger partial charge in [0.2, 0.25) is 17.7 Å². The molecule has 0 aliphatic rings. The Labute approximate surface area is 269 Å². The summed E-state index contributed by atoms with van der Waals surface area (Å²) in [5, 5.41) is 17.6. The second kappa shape index (κ2) is 16.9. The maximum atomic E-state index is 13.6. The third kappa shape index (κ3) is 10.8. The van der Waals surface area contributed by atoms with Gasteiger partial charge in [0.25, 0.3) is 5.91 Å². The molecule has 1 unspecified atom stereocenters. The molecule has 5 amide bonds. The molecule has 0 spiro atoms. The lowest BCUT2D eigenvalue weighted by atomic mass is 10.0. The summed E-state index contributed by atoms with van der Waals surface area (Å²) in [6.45, 7) is -0.574. The number of nitrogens with two attached hydrogens (primary N) is 1. The molecule has 0 saturated carbocycles. The predicted molar refractivity (Wildman–Crippen MR) is 168 cm³/mol. The van der Waals surface area contributed by atoms with Gasteiger partial charge in [-0.15, -0.1) is 0 Å². The number of hydrogen-bond acceptors (Lipinski definition) is 9. The van der Waals surface area contributed by atoms with Crippen LogP contribution in [0.3, 0.4) is 0 Å². The topological polar surface area (TPSA) is 215 Å². The first kappa shape index (κ1) is 33.9. The second-order valence-corrected chi connectivity index (χ2v) is 10.4.